The van der Waals surface area contributed by atoms with E-state index in [1.807, 2.05) is 24.3 Å². The molecule has 0 aliphatic heterocycles. The number of hydrogen-bond acceptors (Lipinski definition) is 4. The molecule has 0 spiro atoms. The van der Waals surface area contributed by atoms with Gasteiger partial charge in [0, 0.05) is 11.1 Å². The maximum Gasteiger partial charge on any atom is 0.173 e. The maximum absolute atomic E-state index is 9.77. The molecule has 23 heavy (non-hydrogen) atoms. The first-order chi connectivity index (χ1) is 11.1. The van der Waals surface area contributed by atoms with Crippen LogP contribution in [0.1, 0.15) is 5.56 Å². The summed E-state index contributed by atoms with van der Waals surface area (Å²) >= 11 is 12.0. The van der Waals surface area contributed by atoms with Gasteiger partial charge in [0.2, 0.25) is 0 Å². The molecule has 0 saturated carbocycles. The van der Waals surface area contributed by atoms with Gasteiger partial charge in [-0.1, -0.05) is 40.5 Å². The van der Waals surface area contributed by atoms with Gasteiger partial charge in [0.1, 0.15) is 11.4 Å². The Morgan fingerprint density at radius 1 is 1.09 bits per heavy atom. The van der Waals surface area contributed by atoms with Crippen LogP contribution >= 0.6 is 23.2 Å². The lowest BCUT2D eigenvalue weighted by molar-refractivity contribution is 0.281. The van der Waals surface area contributed by atoms with E-state index < -0.39 is 0 Å². The number of hydrogen-bond donors (Lipinski definition) is 1. The molecule has 2 aromatic carbocycles. The molecule has 0 fully saturated rings. The summed E-state index contributed by atoms with van der Waals surface area (Å²) in [5.41, 5.74) is 2.64. The molecule has 0 radical (unpaired) electrons. The lowest BCUT2D eigenvalue weighted by Gasteiger charge is -2.04. The molecule has 0 bridgehead atoms. The van der Waals surface area contributed by atoms with E-state index in [4.69, 9.17) is 32.5 Å². The smallest absolute Gasteiger partial charge is 0.173 e. The van der Waals surface area contributed by atoms with Crippen LogP contribution in [0.25, 0.3) is 22.6 Å². The van der Waals surface area contributed by atoms with Crippen molar-refractivity contribution in [2.45, 2.75) is 6.61 Å². The summed E-state index contributed by atoms with van der Waals surface area (Å²) in [6.45, 7) is -0.217. The molecular formula is C17H13Cl2NO3. The minimum atomic E-state index is -0.217. The Bertz CT molecular complexity index is 846. The normalized spacial score (nSPS) is 10.8. The third-order valence-electron chi connectivity index (χ3n) is 3.47. The fourth-order valence-corrected chi connectivity index (χ4v) is 2.62. The predicted molar refractivity (Wildman–Crippen MR) is 89.9 cm³/mol. The molecule has 6 heteroatoms. The van der Waals surface area contributed by atoms with Crippen molar-refractivity contribution in [3.05, 3.63) is 58.1 Å². The third kappa shape index (κ3) is 3.06. The summed E-state index contributed by atoms with van der Waals surface area (Å²) in [5, 5.41) is 14.7. The molecule has 3 aromatic rings. The van der Waals surface area contributed by atoms with Crippen LogP contribution in [-0.4, -0.2) is 17.4 Å². The maximum atomic E-state index is 9.77. The highest BCUT2D eigenvalue weighted by molar-refractivity contribution is 6.42. The highest BCUT2D eigenvalue weighted by atomic mass is 35.5. The highest BCUT2D eigenvalue weighted by Gasteiger charge is 2.19. The van der Waals surface area contributed by atoms with Crippen molar-refractivity contribution in [2.75, 3.05) is 7.11 Å². The number of benzene rings is 2. The molecular weight excluding hydrogens is 337 g/mol. The first-order valence-corrected chi connectivity index (χ1v) is 7.59. The summed E-state index contributed by atoms with van der Waals surface area (Å²) in [4.78, 5) is 0. The molecule has 0 aliphatic rings. The zero-order valence-corrected chi connectivity index (χ0v) is 13.7. The van der Waals surface area contributed by atoms with Crippen LogP contribution in [-0.2, 0) is 6.61 Å². The van der Waals surface area contributed by atoms with E-state index in [1.165, 1.54) is 0 Å². The summed E-state index contributed by atoms with van der Waals surface area (Å²) < 4.78 is 10.7. The average molecular weight is 350 g/mol. The van der Waals surface area contributed by atoms with E-state index in [0.29, 0.717) is 38.4 Å². The van der Waals surface area contributed by atoms with Crippen molar-refractivity contribution >= 4 is 23.2 Å². The lowest BCUT2D eigenvalue weighted by atomic mass is 10.0. The largest absolute Gasteiger partial charge is 0.497 e. The minimum absolute atomic E-state index is 0.217. The van der Waals surface area contributed by atoms with Gasteiger partial charge in [0.25, 0.3) is 0 Å². The van der Waals surface area contributed by atoms with Crippen LogP contribution in [0.3, 0.4) is 0 Å². The van der Waals surface area contributed by atoms with Gasteiger partial charge in [0.15, 0.2) is 5.76 Å². The van der Waals surface area contributed by atoms with Crippen LogP contribution in [0.2, 0.25) is 10.0 Å². The fourth-order valence-electron chi connectivity index (χ4n) is 2.32. The molecule has 0 atom stereocenters. The summed E-state index contributed by atoms with van der Waals surface area (Å²) in [5.74, 6) is 1.16. The van der Waals surface area contributed by atoms with Crippen molar-refractivity contribution in [3.63, 3.8) is 0 Å². The standard InChI is InChI=1S/C17H13Cl2NO3/c1-22-12-4-2-3-10(7-12)16-13(9-21)17(23-20-16)11-5-6-14(18)15(19)8-11/h2-8,21H,9H2,1H3. The number of halogens is 2. The fraction of sp³-hybridized carbons (Fsp3) is 0.118. The highest BCUT2D eigenvalue weighted by Crippen LogP contribution is 2.35. The monoisotopic (exact) mass is 349 g/mol. The number of rotatable bonds is 4. The molecule has 118 valence electrons. The van der Waals surface area contributed by atoms with Crippen LogP contribution in [0.15, 0.2) is 47.0 Å². The molecule has 1 aromatic heterocycles. The number of aliphatic hydroxyl groups is 1. The second-order valence-corrected chi connectivity index (χ2v) is 5.67. The Labute approximate surface area is 143 Å². The number of nitrogens with zero attached hydrogens (tertiary/aromatic N) is 1. The van der Waals surface area contributed by atoms with E-state index in [0.717, 1.165) is 5.56 Å². The third-order valence-corrected chi connectivity index (χ3v) is 4.21. The van der Waals surface area contributed by atoms with Crippen molar-refractivity contribution in [1.82, 2.24) is 5.16 Å². The van der Waals surface area contributed by atoms with Crippen LogP contribution in [0.5, 0.6) is 5.75 Å². The zero-order valence-electron chi connectivity index (χ0n) is 12.2. The second kappa shape index (κ2) is 6.62. The molecule has 1 heterocycles. The van der Waals surface area contributed by atoms with Gasteiger partial charge in [-0.25, -0.2) is 0 Å². The van der Waals surface area contributed by atoms with Crippen molar-refractivity contribution in [1.29, 1.82) is 0 Å². The first-order valence-electron chi connectivity index (χ1n) is 6.83. The summed E-state index contributed by atoms with van der Waals surface area (Å²) in [7, 11) is 1.59. The first kappa shape index (κ1) is 15.9. The van der Waals surface area contributed by atoms with Gasteiger partial charge >= 0.3 is 0 Å². The van der Waals surface area contributed by atoms with Crippen LogP contribution in [0.4, 0.5) is 0 Å². The van der Waals surface area contributed by atoms with Gasteiger partial charge in [-0.05, 0) is 30.3 Å². The molecule has 3 rings (SSSR count). The minimum Gasteiger partial charge on any atom is -0.497 e. The number of methoxy groups -OCH3 is 1. The molecule has 0 aliphatic carbocycles. The van der Waals surface area contributed by atoms with E-state index in [2.05, 4.69) is 5.16 Å². The van der Waals surface area contributed by atoms with Gasteiger partial charge in [-0.3, -0.25) is 0 Å². The Hall–Kier alpha value is -2.01. The van der Waals surface area contributed by atoms with E-state index >= 15 is 0 Å². The van der Waals surface area contributed by atoms with Crippen LogP contribution in [0, 0.1) is 0 Å². The molecule has 1 N–H and O–H groups in total. The van der Waals surface area contributed by atoms with Crippen molar-refractivity contribution in [2.24, 2.45) is 0 Å². The Morgan fingerprint density at radius 3 is 2.61 bits per heavy atom. The number of aliphatic hydroxyl groups excluding tert-OH is 1. The zero-order chi connectivity index (χ0) is 16.4. The summed E-state index contributed by atoms with van der Waals surface area (Å²) in [6.07, 6.45) is 0. The van der Waals surface area contributed by atoms with Gasteiger partial charge < -0.3 is 14.4 Å². The molecule has 0 unspecified atom stereocenters. The van der Waals surface area contributed by atoms with Gasteiger partial charge in [0.05, 0.1) is 29.3 Å². The molecule has 0 amide bonds. The Balaban J connectivity index is 2.10. The topological polar surface area (TPSA) is 55.5 Å². The number of aromatic nitrogens is 1. The second-order valence-electron chi connectivity index (χ2n) is 4.86. The van der Waals surface area contributed by atoms with Crippen LogP contribution < -0.4 is 4.74 Å². The van der Waals surface area contributed by atoms with Crippen molar-refractivity contribution in [3.8, 4) is 28.3 Å². The quantitative estimate of drug-likeness (QED) is 0.733. The average Bonchev–Trinajstić information content (AvgIpc) is 3.01. The lowest BCUT2D eigenvalue weighted by Crippen LogP contribution is -1.90. The van der Waals surface area contributed by atoms with E-state index in [-0.39, 0.29) is 6.61 Å². The SMILES string of the molecule is COc1cccc(-c2noc(-c3ccc(Cl)c(Cl)c3)c2CO)c1. The Kier molecular flexibility index (Phi) is 4.57. The number of ether oxygens (including phenoxy) is 1. The summed E-state index contributed by atoms with van der Waals surface area (Å²) in [6, 6.07) is 12.5. The Morgan fingerprint density at radius 2 is 1.91 bits per heavy atom. The van der Waals surface area contributed by atoms with E-state index in [9.17, 15) is 5.11 Å². The van der Waals surface area contributed by atoms with Gasteiger partial charge in [-0.15, -0.1) is 0 Å². The molecule has 4 nitrogen and oxygen atoms in total. The van der Waals surface area contributed by atoms with E-state index in [1.54, 1.807) is 25.3 Å². The molecule has 0 saturated heterocycles. The van der Waals surface area contributed by atoms with Gasteiger partial charge in [-0.2, -0.15) is 0 Å². The predicted octanol–water partition coefficient (Wildman–Crippen LogP) is 4.82. The van der Waals surface area contributed by atoms with Crippen molar-refractivity contribution < 1.29 is 14.4 Å².